The third-order valence-electron chi connectivity index (χ3n) is 2.54. The van der Waals surface area contributed by atoms with Crippen LogP contribution in [0.15, 0.2) is 18.2 Å². The zero-order valence-corrected chi connectivity index (χ0v) is 7.95. The maximum absolute atomic E-state index is 9.55. The van der Waals surface area contributed by atoms with Crippen molar-refractivity contribution in [3.8, 4) is 11.5 Å². The third-order valence-corrected chi connectivity index (χ3v) is 2.54. The van der Waals surface area contributed by atoms with Gasteiger partial charge in [0.25, 0.3) is 0 Å². The average molecular weight is 178 g/mol. The highest BCUT2D eigenvalue weighted by Gasteiger charge is 2.27. The molecule has 1 aromatic carbocycles. The fraction of sp³-hybridized carbons (Fsp3) is 0.455. The first-order valence-electron chi connectivity index (χ1n) is 4.66. The lowest BCUT2D eigenvalue weighted by Gasteiger charge is -2.13. The molecule has 1 atom stereocenters. The van der Waals surface area contributed by atoms with Crippen molar-refractivity contribution in [3.05, 3.63) is 23.8 Å². The zero-order chi connectivity index (χ0) is 9.42. The Bertz CT molecular complexity index is 318. The second-order valence-electron chi connectivity index (χ2n) is 3.86. The summed E-state index contributed by atoms with van der Waals surface area (Å²) in [5, 5.41) is 9.55. The van der Waals surface area contributed by atoms with E-state index in [1.807, 2.05) is 12.1 Å². The summed E-state index contributed by atoms with van der Waals surface area (Å²) >= 11 is 0. The molecule has 0 amide bonds. The predicted octanol–water partition coefficient (Wildman–Crippen LogP) is 2.35. The van der Waals surface area contributed by atoms with E-state index in [0.717, 1.165) is 17.7 Å². The number of benzene rings is 1. The molecule has 0 saturated carbocycles. The molecule has 1 heterocycles. The van der Waals surface area contributed by atoms with Gasteiger partial charge in [0.2, 0.25) is 0 Å². The summed E-state index contributed by atoms with van der Waals surface area (Å²) in [4.78, 5) is 0. The molecule has 1 aliphatic rings. The largest absolute Gasteiger partial charge is 0.508 e. The predicted molar refractivity (Wildman–Crippen MR) is 51.1 cm³/mol. The molecule has 1 N–H and O–H groups in total. The van der Waals surface area contributed by atoms with Crippen molar-refractivity contribution in [3.63, 3.8) is 0 Å². The van der Waals surface area contributed by atoms with Crippen molar-refractivity contribution < 1.29 is 9.84 Å². The fourth-order valence-electron chi connectivity index (χ4n) is 1.65. The third kappa shape index (κ3) is 1.37. The van der Waals surface area contributed by atoms with Crippen LogP contribution in [0, 0.1) is 5.92 Å². The fourth-order valence-corrected chi connectivity index (χ4v) is 1.65. The van der Waals surface area contributed by atoms with Crippen LogP contribution in [0.25, 0.3) is 0 Å². The van der Waals surface area contributed by atoms with Crippen molar-refractivity contribution in [1.82, 2.24) is 0 Å². The summed E-state index contributed by atoms with van der Waals surface area (Å²) in [5.74, 6) is 1.70. The van der Waals surface area contributed by atoms with E-state index in [-0.39, 0.29) is 6.10 Å². The average Bonchev–Trinajstić information content (AvgIpc) is 2.49. The lowest BCUT2D eigenvalue weighted by atomic mass is 10.0. The minimum Gasteiger partial charge on any atom is -0.508 e. The van der Waals surface area contributed by atoms with Gasteiger partial charge in [-0.3, -0.25) is 0 Å². The molecule has 13 heavy (non-hydrogen) atoms. The number of hydrogen-bond donors (Lipinski definition) is 1. The van der Waals surface area contributed by atoms with Crippen LogP contribution in [0.5, 0.6) is 11.5 Å². The highest BCUT2D eigenvalue weighted by atomic mass is 16.5. The highest BCUT2D eigenvalue weighted by Crippen LogP contribution is 2.36. The van der Waals surface area contributed by atoms with E-state index in [1.165, 1.54) is 0 Å². The summed E-state index contributed by atoms with van der Waals surface area (Å²) in [5.41, 5.74) is 0.959. The molecule has 2 rings (SSSR count). The molecule has 0 fully saturated rings. The van der Waals surface area contributed by atoms with Crippen molar-refractivity contribution in [2.24, 2.45) is 5.92 Å². The number of rotatable bonds is 1. The molecule has 1 unspecified atom stereocenters. The first-order valence-corrected chi connectivity index (χ1v) is 4.66. The van der Waals surface area contributed by atoms with E-state index in [9.17, 15) is 5.11 Å². The Kier molecular flexibility index (Phi) is 1.91. The first-order chi connectivity index (χ1) is 6.18. The van der Waals surface area contributed by atoms with Crippen molar-refractivity contribution in [2.45, 2.75) is 26.4 Å². The van der Waals surface area contributed by atoms with Gasteiger partial charge in [-0.2, -0.15) is 0 Å². The molecule has 1 aliphatic heterocycles. The molecule has 2 nitrogen and oxygen atoms in total. The summed E-state index contributed by atoms with van der Waals surface area (Å²) in [6, 6.07) is 5.44. The quantitative estimate of drug-likeness (QED) is 0.715. The second kappa shape index (κ2) is 2.95. The van der Waals surface area contributed by atoms with E-state index in [0.29, 0.717) is 11.7 Å². The van der Waals surface area contributed by atoms with Crippen LogP contribution in [-0.2, 0) is 6.42 Å². The molecule has 70 valence electrons. The van der Waals surface area contributed by atoms with Crippen LogP contribution < -0.4 is 4.74 Å². The standard InChI is InChI=1S/C11H14O2/c1-7(2)11-6-8-9(12)4-3-5-10(8)13-11/h3-5,7,11-12H,6H2,1-2H3. The van der Waals surface area contributed by atoms with Gasteiger partial charge in [0.05, 0.1) is 0 Å². The van der Waals surface area contributed by atoms with Crippen LogP contribution in [0.3, 0.4) is 0 Å². The smallest absolute Gasteiger partial charge is 0.126 e. The van der Waals surface area contributed by atoms with Gasteiger partial charge in [0, 0.05) is 12.0 Å². The lowest BCUT2D eigenvalue weighted by Crippen LogP contribution is -2.19. The van der Waals surface area contributed by atoms with Crippen molar-refractivity contribution >= 4 is 0 Å². The van der Waals surface area contributed by atoms with Gasteiger partial charge in [-0.05, 0) is 18.1 Å². The Hall–Kier alpha value is -1.18. The van der Waals surface area contributed by atoms with Gasteiger partial charge >= 0.3 is 0 Å². The summed E-state index contributed by atoms with van der Waals surface area (Å²) < 4.78 is 5.69. The number of aromatic hydroxyl groups is 1. The number of phenols is 1. The van der Waals surface area contributed by atoms with Gasteiger partial charge in [0.15, 0.2) is 0 Å². The second-order valence-corrected chi connectivity index (χ2v) is 3.86. The zero-order valence-electron chi connectivity index (χ0n) is 7.95. The Morgan fingerprint density at radius 1 is 1.46 bits per heavy atom. The first kappa shape index (κ1) is 8.42. The number of phenolic OH excluding ortho intramolecular Hbond substituents is 1. The SMILES string of the molecule is CC(C)C1Cc2c(O)cccc2O1. The Morgan fingerprint density at radius 3 is 2.85 bits per heavy atom. The lowest BCUT2D eigenvalue weighted by molar-refractivity contribution is 0.178. The molecule has 0 bridgehead atoms. The Balaban J connectivity index is 2.30. The summed E-state index contributed by atoms with van der Waals surface area (Å²) in [6.45, 7) is 4.27. The van der Waals surface area contributed by atoms with Crippen LogP contribution >= 0.6 is 0 Å². The summed E-state index contributed by atoms with van der Waals surface area (Å²) in [7, 11) is 0. The Labute approximate surface area is 78.2 Å². The maximum Gasteiger partial charge on any atom is 0.126 e. The van der Waals surface area contributed by atoms with Gasteiger partial charge < -0.3 is 9.84 Å². The van der Waals surface area contributed by atoms with Crippen LogP contribution in [0.2, 0.25) is 0 Å². The molecule has 0 spiro atoms. The van der Waals surface area contributed by atoms with Gasteiger partial charge in [-0.1, -0.05) is 19.9 Å². The number of ether oxygens (including phenoxy) is 1. The van der Waals surface area contributed by atoms with Crippen molar-refractivity contribution in [1.29, 1.82) is 0 Å². The van der Waals surface area contributed by atoms with Gasteiger partial charge in [0.1, 0.15) is 17.6 Å². The minimum absolute atomic E-state index is 0.225. The topological polar surface area (TPSA) is 29.5 Å². The molecular weight excluding hydrogens is 164 g/mol. The molecule has 0 radical (unpaired) electrons. The summed E-state index contributed by atoms with van der Waals surface area (Å²) in [6.07, 6.45) is 1.06. The van der Waals surface area contributed by atoms with Crippen LogP contribution in [-0.4, -0.2) is 11.2 Å². The molecule has 2 heteroatoms. The monoisotopic (exact) mass is 178 g/mol. The van der Waals surface area contributed by atoms with Gasteiger partial charge in [-0.25, -0.2) is 0 Å². The van der Waals surface area contributed by atoms with Crippen LogP contribution in [0.4, 0.5) is 0 Å². The van der Waals surface area contributed by atoms with Gasteiger partial charge in [-0.15, -0.1) is 0 Å². The van der Waals surface area contributed by atoms with E-state index in [1.54, 1.807) is 6.07 Å². The molecule has 0 saturated heterocycles. The minimum atomic E-state index is 0.225. The maximum atomic E-state index is 9.55. The number of hydrogen-bond acceptors (Lipinski definition) is 2. The number of fused-ring (bicyclic) bond motifs is 1. The van der Waals surface area contributed by atoms with E-state index in [4.69, 9.17) is 4.74 Å². The normalized spacial score (nSPS) is 20.1. The Morgan fingerprint density at radius 2 is 2.23 bits per heavy atom. The molecular formula is C11H14O2. The van der Waals surface area contributed by atoms with E-state index >= 15 is 0 Å². The highest BCUT2D eigenvalue weighted by molar-refractivity contribution is 5.46. The molecule has 0 aliphatic carbocycles. The van der Waals surface area contributed by atoms with Crippen LogP contribution in [0.1, 0.15) is 19.4 Å². The molecule has 1 aromatic rings. The molecule has 0 aromatic heterocycles. The van der Waals surface area contributed by atoms with E-state index < -0.39 is 0 Å². The van der Waals surface area contributed by atoms with Crippen molar-refractivity contribution in [2.75, 3.05) is 0 Å². The van der Waals surface area contributed by atoms with E-state index in [2.05, 4.69) is 13.8 Å².